The fraction of sp³-hybridized carbons (Fsp3) is 0.318. The fourth-order valence-corrected chi connectivity index (χ4v) is 3.60. The summed E-state index contributed by atoms with van der Waals surface area (Å²) in [5.41, 5.74) is 0.798. The average molecular weight is 491 g/mol. The van der Waals surface area contributed by atoms with Gasteiger partial charge in [-0.1, -0.05) is 33.6 Å². The van der Waals surface area contributed by atoms with Crippen LogP contribution in [0.15, 0.2) is 57.4 Å². The first-order valence-electron chi connectivity index (χ1n) is 9.84. The molecule has 0 saturated heterocycles. The molecular weight excluding hydrogens is 470 g/mol. The summed E-state index contributed by atoms with van der Waals surface area (Å²) >= 11 is 9.34. The minimum absolute atomic E-state index is 0.0848. The van der Waals surface area contributed by atoms with E-state index in [2.05, 4.69) is 26.1 Å². The van der Waals surface area contributed by atoms with Gasteiger partial charge in [0, 0.05) is 27.5 Å². The van der Waals surface area contributed by atoms with Crippen molar-refractivity contribution in [2.75, 3.05) is 6.61 Å². The van der Waals surface area contributed by atoms with Gasteiger partial charge in [0.1, 0.15) is 5.75 Å². The molecule has 1 saturated carbocycles. The summed E-state index contributed by atoms with van der Waals surface area (Å²) in [7, 11) is 0. The highest BCUT2D eigenvalue weighted by molar-refractivity contribution is 9.10. The van der Waals surface area contributed by atoms with Gasteiger partial charge in [0.05, 0.1) is 13.2 Å². The van der Waals surface area contributed by atoms with Crippen molar-refractivity contribution in [2.24, 2.45) is 0 Å². The van der Waals surface area contributed by atoms with E-state index in [1.807, 2.05) is 41.3 Å². The van der Waals surface area contributed by atoms with Crippen molar-refractivity contribution >= 4 is 33.4 Å². The number of rotatable bonds is 9. The van der Waals surface area contributed by atoms with Crippen molar-refractivity contribution in [2.45, 2.75) is 38.3 Å². The van der Waals surface area contributed by atoms with E-state index in [0.29, 0.717) is 42.8 Å². The van der Waals surface area contributed by atoms with E-state index in [4.69, 9.17) is 20.8 Å². The number of hydrogen-bond donors (Lipinski definition) is 0. The van der Waals surface area contributed by atoms with Gasteiger partial charge in [-0.25, -0.2) is 0 Å². The van der Waals surface area contributed by atoms with Crippen molar-refractivity contribution in [3.63, 3.8) is 0 Å². The zero-order chi connectivity index (χ0) is 20.9. The molecule has 0 aliphatic heterocycles. The number of nitrogens with zero attached hydrogens (tertiary/aromatic N) is 3. The average Bonchev–Trinajstić information content (AvgIpc) is 3.47. The molecule has 1 amide bonds. The Kier molecular flexibility index (Phi) is 6.69. The predicted octanol–water partition coefficient (Wildman–Crippen LogP) is 5.50. The van der Waals surface area contributed by atoms with Crippen LogP contribution in [-0.2, 0) is 11.3 Å². The highest BCUT2D eigenvalue weighted by atomic mass is 79.9. The molecule has 0 radical (unpaired) electrons. The molecule has 156 valence electrons. The highest BCUT2D eigenvalue weighted by Gasteiger charge is 2.33. The van der Waals surface area contributed by atoms with Gasteiger partial charge in [-0.2, -0.15) is 0 Å². The molecule has 0 bridgehead atoms. The molecule has 0 spiro atoms. The van der Waals surface area contributed by atoms with Crippen molar-refractivity contribution < 1.29 is 13.9 Å². The van der Waals surface area contributed by atoms with Crippen LogP contribution in [0.4, 0.5) is 0 Å². The number of benzene rings is 2. The first kappa shape index (κ1) is 20.9. The number of hydrogen-bond acceptors (Lipinski definition) is 5. The second kappa shape index (κ2) is 9.62. The zero-order valence-corrected chi connectivity index (χ0v) is 18.6. The van der Waals surface area contributed by atoms with Gasteiger partial charge in [0.15, 0.2) is 0 Å². The maximum Gasteiger partial charge on any atom is 0.247 e. The van der Waals surface area contributed by atoms with E-state index in [9.17, 15) is 4.79 Å². The van der Waals surface area contributed by atoms with Crippen molar-refractivity contribution in [1.82, 2.24) is 15.1 Å². The third-order valence-corrected chi connectivity index (χ3v) is 5.52. The number of halogens is 2. The molecule has 1 aromatic heterocycles. The van der Waals surface area contributed by atoms with Gasteiger partial charge in [0.2, 0.25) is 17.7 Å². The molecule has 1 heterocycles. The normalized spacial score (nSPS) is 13.3. The Labute approximate surface area is 188 Å². The fourth-order valence-electron chi connectivity index (χ4n) is 3.09. The first-order chi connectivity index (χ1) is 14.6. The van der Waals surface area contributed by atoms with Crippen LogP contribution in [0.2, 0.25) is 5.02 Å². The molecular formula is C22H21BrClN3O3. The van der Waals surface area contributed by atoms with E-state index in [1.54, 1.807) is 12.1 Å². The van der Waals surface area contributed by atoms with Gasteiger partial charge >= 0.3 is 0 Å². The third kappa shape index (κ3) is 5.61. The Morgan fingerprint density at radius 2 is 2.00 bits per heavy atom. The number of carbonyl (C=O) groups excluding carboxylic acids is 1. The Morgan fingerprint density at radius 3 is 2.73 bits per heavy atom. The van der Waals surface area contributed by atoms with E-state index in [1.165, 1.54) is 0 Å². The minimum atomic E-state index is 0.0848. The van der Waals surface area contributed by atoms with Gasteiger partial charge in [0.25, 0.3) is 0 Å². The molecule has 3 aromatic rings. The molecule has 30 heavy (non-hydrogen) atoms. The molecule has 2 aromatic carbocycles. The number of aromatic nitrogens is 2. The molecule has 1 aliphatic carbocycles. The van der Waals surface area contributed by atoms with Crippen LogP contribution in [0, 0.1) is 0 Å². The van der Waals surface area contributed by atoms with E-state index in [0.717, 1.165) is 28.6 Å². The molecule has 0 N–H and O–H groups in total. The number of amides is 1. The lowest BCUT2D eigenvalue weighted by Gasteiger charge is -2.20. The van der Waals surface area contributed by atoms with Crippen molar-refractivity contribution in [1.29, 1.82) is 0 Å². The molecule has 6 nitrogen and oxygen atoms in total. The summed E-state index contributed by atoms with van der Waals surface area (Å²) < 4.78 is 12.5. The molecule has 4 rings (SSSR count). The highest BCUT2D eigenvalue weighted by Crippen LogP contribution is 2.30. The lowest BCUT2D eigenvalue weighted by molar-refractivity contribution is -0.133. The molecule has 0 unspecified atom stereocenters. The second-order valence-electron chi connectivity index (χ2n) is 7.17. The van der Waals surface area contributed by atoms with Crippen LogP contribution in [0.25, 0.3) is 11.5 Å². The van der Waals surface area contributed by atoms with Gasteiger partial charge in [-0.3, -0.25) is 4.79 Å². The number of carbonyl (C=O) groups is 1. The Hall–Kier alpha value is -2.38. The number of ether oxygens (including phenoxy) is 1. The zero-order valence-electron chi connectivity index (χ0n) is 16.3. The smallest absolute Gasteiger partial charge is 0.247 e. The summed E-state index contributed by atoms with van der Waals surface area (Å²) in [6.45, 7) is 0.818. The maximum absolute atomic E-state index is 12.8. The van der Waals surface area contributed by atoms with Gasteiger partial charge in [-0.15, -0.1) is 10.2 Å². The van der Waals surface area contributed by atoms with Crippen LogP contribution < -0.4 is 4.74 Å². The topological polar surface area (TPSA) is 68.5 Å². The summed E-state index contributed by atoms with van der Waals surface area (Å²) in [5, 5.41) is 8.87. The third-order valence-electron chi connectivity index (χ3n) is 4.77. The van der Waals surface area contributed by atoms with Crippen LogP contribution >= 0.6 is 27.5 Å². The van der Waals surface area contributed by atoms with Crippen LogP contribution in [0.5, 0.6) is 5.75 Å². The van der Waals surface area contributed by atoms with Gasteiger partial charge in [-0.05, 0) is 61.7 Å². The largest absolute Gasteiger partial charge is 0.494 e. The second-order valence-corrected chi connectivity index (χ2v) is 8.52. The molecule has 0 atom stereocenters. The first-order valence-corrected chi connectivity index (χ1v) is 11.0. The van der Waals surface area contributed by atoms with Crippen molar-refractivity contribution in [3.05, 3.63) is 63.9 Å². The standard InChI is InChI=1S/C22H21BrClN3O3/c23-16-3-1-4-19(13-16)29-12-2-5-21(28)27(18-10-11-18)14-20-25-26-22(30-20)15-6-8-17(24)9-7-15/h1,3-4,6-9,13,18H,2,5,10-12,14H2. The summed E-state index contributed by atoms with van der Waals surface area (Å²) in [6, 6.07) is 15.1. The lowest BCUT2D eigenvalue weighted by Crippen LogP contribution is -2.32. The molecule has 1 fully saturated rings. The Balaban J connectivity index is 1.30. The Morgan fingerprint density at radius 1 is 1.20 bits per heavy atom. The summed E-state index contributed by atoms with van der Waals surface area (Å²) in [6.07, 6.45) is 3.09. The predicted molar refractivity (Wildman–Crippen MR) is 117 cm³/mol. The van der Waals surface area contributed by atoms with Crippen LogP contribution in [0.1, 0.15) is 31.6 Å². The van der Waals surface area contributed by atoms with E-state index < -0.39 is 0 Å². The summed E-state index contributed by atoms with van der Waals surface area (Å²) in [4.78, 5) is 14.6. The van der Waals surface area contributed by atoms with E-state index >= 15 is 0 Å². The minimum Gasteiger partial charge on any atom is -0.494 e. The lowest BCUT2D eigenvalue weighted by atomic mass is 10.2. The van der Waals surface area contributed by atoms with Crippen molar-refractivity contribution in [3.8, 4) is 17.2 Å². The van der Waals surface area contributed by atoms with Crippen LogP contribution in [-0.4, -0.2) is 33.7 Å². The molecule has 1 aliphatic rings. The van der Waals surface area contributed by atoms with Gasteiger partial charge < -0.3 is 14.1 Å². The van der Waals surface area contributed by atoms with Crippen LogP contribution in [0.3, 0.4) is 0 Å². The maximum atomic E-state index is 12.8. The SMILES string of the molecule is O=C(CCCOc1cccc(Br)c1)N(Cc1nnc(-c2ccc(Cl)cc2)o1)C1CC1. The summed E-state index contributed by atoms with van der Waals surface area (Å²) in [5.74, 6) is 1.73. The Bertz CT molecular complexity index is 1000. The quantitative estimate of drug-likeness (QED) is 0.370. The molecule has 8 heteroatoms. The van der Waals surface area contributed by atoms with E-state index in [-0.39, 0.29) is 11.9 Å². The monoisotopic (exact) mass is 489 g/mol.